The van der Waals surface area contributed by atoms with Gasteiger partial charge in [0.15, 0.2) is 0 Å². The van der Waals surface area contributed by atoms with Gasteiger partial charge in [0.25, 0.3) is 5.91 Å². The number of hydrogen-bond acceptors (Lipinski definition) is 13. The van der Waals surface area contributed by atoms with Crippen LogP contribution in [-0.2, 0) is 22.6 Å². The minimum atomic E-state index is -0.560. The third kappa shape index (κ3) is 7.80. The number of nitrogens with zero attached hydrogens (tertiary/aromatic N) is 7. The van der Waals surface area contributed by atoms with E-state index in [1.54, 1.807) is 12.1 Å². The number of rotatable bonds is 8. The van der Waals surface area contributed by atoms with Gasteiger partial charge in [-0.1, -0.05) is 0 Å². The lowest BCUT2D eigenvalue weighted by Crippen LogP contribution is -2.54. The molecule has 4 aromatic rings. The number of imide groups is 1. The predicted molar refractivity (Wildman–Crippen MR) is 218 cm³/mol. The molecule has 58 heavy (non-hydrogen) atoms. The molecule has 9 rings (SSSR count). The van der Waals surface area contributed by atoms with Gasteiger partial charge in [-0.2, -0.15) is 0 Å². The fourth-order valence-corrected chi connectivity index (χ4v) is 8.75. The molecule has 0 aliphatic carbocycles. The van der Waals surface area contributed by atoms with Crippen LogP contribution >= 0.6 is 0 Å². The average Bonchev–Trinajstić information content (AvgIpc) is 3.25. The minimum absolute atomic E-state index is 0.0275. The first kappa shape index (κ1) is 37.5. The van der Waals surface area contributed by atoms with Crippen LogP contribution in [0, 0.1) is 12.7 Å². The molecule has 7 heterocycles. The molecule has 5 aliphatic heterocycles. The summed E-state index contributed by atoms with van der Waals surface area (Å²) in [6, 6.07) is 12.3. The molecule has 3 amide bonds. The van der Waals surface area contributed by atoms with Gasteiger partial charge < -0.3 is 35.4 Å². The maximum Gasteiger partial charge on any atom is 0.253 e. The van der Waals surface area contributed by atoms with Crippen molar-refractivity contribution in [1.29, 1.82) is 0 Å². The van der Waals surface area contributed by atoms with Crippen LogP contribution < -0.4 is 35.8 Å². The summed E-state index contributed by atoms with van der Waals surface area (Å²) in [4.78, 5) is 59.9. The van der Waals surface area contributed by atoms with E-state index in [0.29, 0.717) is 80.6 Å². The largest absolute Gasteiger partial charge is 0.474 e. The van der Waals surface area contributed by atoms with E-state index in [0.717, 1.165) is 79.3 Å². The van der Waals surface area contributed by atoms with E-state index in [1.807, 2.05) is 41.6 Å². The predicted octanol–water partition coefficient (Wildman–Crippen LogP) is 4.07. The molecule has 0 saturated carbocycles. The number of piperazine rings is 1. The van der Waals surface area contributed by atoms with E-state index in [2.05, 4.69) is 52.9 Å². The van der Waals surface area contributed by atoms with Crippen molar-refractivity contribution in [2.45, 2.75) is 57.7 Å². The fourth-order valence-electron chi connectivity index (χ4n) is 8.75. The Bertz CT molecular complexity index is 2210. The lowest BCUT2D eigenvalue weighted by molar-refractivity contribution is -0.133. The Morgan fingerprint density at radius 3 is 2.45 bits per heavy atom. The van der Waals surface area contributed by atoms with Gasteiger partial charge in [0.1, 0.15) is 24.2 Å². The summed E-state index contributed by atoms with van der Waals surface area (Å²) in [5, 5.41) is 12.1. The van der Waals surface area contributed by atoms with E-state index < -0.39 is 6.04 Å². The number of benzene rings is 2. The van der Waals surface area contributed by atoms with E-state index in [-0.39, 0.29) is 30.0 Å². The second-order valence-electron chi connectivity index (χ2n) is 15.6. The summed E-state index contributed by atoms with van der Waals surface area (Å²) in [5.41, 5.74) is 7.78. The second kappa shape index (κ2) is 16.1. The molecule has 1 unspecified atom stereocenters. The standard InChI is InChI=1S/C42H48FN11O4/c1-26-36(24-45-40-38(26)44-13-21-58-40)54-14-10-28-23-46-42(49-34(28)25-54)48-29-4-2-27(3-5-29)41(57)53-15-11-31(12-16-53)51-17-19-52(20-18-51)35-8-6-30(22-32(35)43)47-33-7-9-37(55)50-39(33)56/h2-6,8,22-24,31,33,44,47H,7,9-21,25H2,1H3,(H,46,48,49)(H,50,55,56). The highest BCUT2D eigenvalue weighted by atomic mass is 19.1. The van der Waals surface area contributed by atoms with Gasteiger partial charge in [-0.3, -0.25) is 24.6 Å². The summed E-state index contributed by atoms with van der Waals surface area (Å²) in [6.45, 7) is 9.38. The molecule has 15 nitrogen and oxygen atoms in total. The number of aromatic nitrogens is 3. The zero-order valence-corrected chi connectivity index (χ0v) is 32.6. The molecule has 2 aromatic heterocycles. The van der Waals surface area contributed by atoms with Gasteiger partial charge >= 0.3 is 0 Å². The summed E-state index contributed by atoms with van der Waals surface area (Å²) >= 11 is 0. The van der Waals surface area contributed by atoms with Crippen LogP contribution in [0.1, 0.15) is 52.9 Å². The van der Waals surface area contributed by atoms with Crippen molar-refractivity contribution in [1.82, 2.24) is 30.1 Å². The molecule has 16 heteroatoms. The van der Waals surface area contributed by atoms with Crippen LogP contribution in [0.2, 0.25) is 0 Å². The van der Waals surface area contributed by atoms with Crippen molar-refractivity contribution < 1.29 is 23.5 Å². The van der Waals surface area contributed by atoms with E-state index in [9.17, 15) is 14.4 Å². The van der Waals surface area contributed by atoms with E-state index in [4.69, 9.17) is 9.72 Å². The van der Waals surface area contributed by atoms with Crippen LogP contribution in [0.15, 0.2) is 54.9 Å². The van der Waals surface area contributed by atoms with Crippen molar-refractivity contribution in [3.8, 4) is 5.88 Å². The van der Waals surface area contributed by atoms with Crippen LogP contribution in [0.5, 0.6) is 5.88 Å². The number of fused-ring (bicyclic) bond motifs is 2. The molecule has 2 aromatic carbocycles. The molecule has 0 spiro atoms. The second-order valence-corrected chi connectivity index (χ2v) is 15.6. The Labute approximate surface area is 336 Å². The highest BCUT2D eigenvalue weighted by Crippen LogP contribution is 2.36. The van der Waals surface area contributed by atoms with Crippen molar-refractivity contribution in [3.05, 3.63) is 83.1 Å². The number of carbonyl (C=O) groups is 3. The summed E-state index contributed by atoms with van der Waals surface area (Å²) in [6.07, 6.45) is 7.06. The summed E-state index contributed by atoms with van der Waals surface area (Å²) < 4.78 is 21.0. The van der Waals surface area contributed by atoms with Crippen LogP contribution in [0.4, 0.5) is 38.8 Å². The van der Waals surface area contributed by atoms with Crippen molar-refractivity contribution in [2.75, 3.05) is 84.7 Å². The smallest absolute Gasteiger partial charge is 0.253 e. The quantitative estimate of drug-likeness (QED) is 0.190. The lowest BCUT2D eigenvalue weighted by Gasteiger charge is -2.43. The van der Waals surface area contributed by atoms with Crippen molar-refractivity contribution in [2.24, 2.45) is 0 Å². The van der Waals surface area contributed by atoms with Gasteiger partial charge in [0, 0.05) is 93.5 Å². The third-order valence-electron chi connectivity index (χ3n) is 12.0. The topological polar surface area (TPSA) is 160 Å². The minimum Gasteiger partial charge on any atom is -0.474 e. The Balaban J connectivity index is 0.743. The highest BCUT2D eigenvalue weighted by molar-refractivity contribution is 6.01. The van der Waals surface area contributed by atoms with Crippen molar-refractivity contribution in [3.63, 3.8) is 0 Å². The first-order valence-electron chi connectivity index (χ1n) is 20.3. The third-order valence-corrected chi connectivity index (χ3v) is 12.0. The summed E-state index contributed by atoms with van der Waals surface area (Å²) in [5.74, 6) is 0.187. The number of carbonyl (C=O) groups excluding carboxylic acids is 3. The number of ether oxygens (including phenoxy) is 1. The van der Waals surface area contributed by atoms with Gasteiger partial charge in [-0.25, -0.2) is 19.3 Å². The molecule has 0 bridgehead atoms. The summed E-state index contributed by atoms with van der Waals surface area (Å²) in [7, 11) is 0. The maximum absolute atomic E-state index is 15.2. The molecule has 3 saturated heterocycles. The fraction of sp³-hybridized carbons (Fsp3) is 0.429. The zero-order valence-electron chi connectivity index (χ0n) is 32.6. The number of amides is 3. The number of pyridine rings is 1. The molecular formula is C42H48FN11O4. The SMILES string of the molecule is Cc1c(N2CCc3cnc(Nc4ccc(C(=O)N5CCC(N6CCN(c7ccc(NC8CCC(=O)NC8=O)cc7F)CC6)CC5)cc4)nc3C2)cnc2c1NCCO2. The molecule has 3 fully saturated rings. The average molecular weight is 790 g/mol. The Morgan fingerprint density at radius 1 is 0.879 bits per heavy atom. The normalized spacial score (nSPS) is 20.0. The van der Waals surface area contributed by atoms with Gasteiger partial charge in [0.05, 0.1) is 29.8 Å². The molecule has 4 N–H and O–H groups in total. The number of nitrogens with one attached hydrogen (secondary N) is 4. The highest BCUT2D eigenvalue weighted by Gasteiger charge is 2.31. The first-order chi connectivity index (χ1) is 28.3. The van der Waals surface area contributed by atoms with Crippen molar-refractivity contribution >= 4 is 52.1 Å². The monoisotopic (exact) mass is 789 g/mol. The van der Waals surface area contributed by atoms with Gasteiger partial charge in [-0.15, -0.1) is 0 Å². The Kier molecular flexibility index (Phi) is 10.4. The van der Waals surface area contributed by atoms with Crippen LogP contribution in [-0.4, -0.2) is 114 Å². The Hall–Kier alpha value is -6.03. The molecule has 0 radical (unpaired) electrons. The molecule has 5 aliphatic rings. The van der Waals surface area contributed by atoms with Gasteiger partial charge in [0.2, 0.25) is 23.6 Å². The molecule has 1 atom stereocenters. The molecule has 302 valence electrons. The number of likely N-dealkylation sites (tertiary alicyclic amines) is 1. The van der Waals surface area contributed by atoms with Gasteiger partial charge in [-0.05, 0) is 80.6 Å². The van der Waals surface area contributed by atoms with E-state index in [1.165, 1.54) is 6.07 Å². The number of anilines is 6. The number of hydrogen-bond donors (Lipinski definition) is 4. The Morgan fingerprint density at radius 2 is 1.67 bits per heavy atom. The van der Waals surface area contributed by atoms with Crippen LogP contribution in [0.25, 0.3) is 0 Å². The maximum atomic E-state index is 15.2. The lowest BCUT2D eigenvalue weighted by atomic mass is 10.0. The first-order valence-corrected chi connectivity index (χ1v) is 20.3. The number of halogens is 1. The van der Waals surface area contributed by atoms with Crippen LogP contribution in [0.3, 0.4) is 0 Å². The number of piperidine rings is 2. The zero-order chi connectivity index (χ0) is 39.8. The molecular weight excluding hydrogens is 742 g/mol. The van der Waals surface area contributed by atoms with E-state index >= 15 is 4.39 Å².